The third-order valence-corrected chi connectivity index (χ3v) is 8.37. The van der Waals surface area contributed by atoms with Crippen LogP contribution in [0.2, 0.25) is 0 Å². The zero-order valence-corrected chi connectivity index (χ0v) is 27.9. The molecular formula is C34H45ClN4O7. The van der Waals surface area contributed by atoms with E-state index in [0.29, 0.717) is 58.9 Å². The van der Waals surface area contributed by atoms with Crippen LogP contribution in [0.15, 0.2) is 71.1 Å². The molecule has 0 bridgehead atoms. The lowest BCUT2D eigenvalue weighted by atomic mass is 9.80. The molecule has 2 aliphatic heterocycles. The second-order valence-electron chi connectivity index (χ2n) is 11.3. The average Bonchev–Trinajstić information content (AvgIpc) is 3.03. The predicted octanol–water partition coefficient (Wildman–Crippen LogP) is 4.58. The molecule has 250 valence electrons. The Morgan fingerprint density at radius 3 is 2.33 bits per heavy atom. The van der Waals surface area contributed by atoms with E-state index in [1.807, 2.05) is 24.3 Å². The van der Waals surface area contributed by atoms with Crippen molar-refractivity contribution in [3.63, 3.8) is 0 Å². The van der Waals surface area contributed by atoms with E-state index in [2.05, 4.69) is 20.9 Å². The topological polar surface area (TPSA) is 138 Å². The standard InChI is InChI=1S/C34H44N4O7.ClH/c1-6-45-32(40)29-23(3)36-22(2)28(31(39)44-5)30(29)24-11-9-12-25(21-24)37-33(41)35-17-10-18-38-19-15-34(42,16-20-38)26-13-7-8-14-27(26)43-4;/h7-9,11-14,21,30,36,42H,6,10,15-20H2,1-5H3,(H2,35,37,41);1H. The Bertz CT molecular complexity index is 1470. The Labute approximate surface area is 276 Å². The number of piperidine rings is 1. The maximum absolute atomic E-state index is 13.0. The molecule has 2 amide bonds. The molecule has 1 unspecified atom stereocenters. The zero-order chi connectivity index (χ0) is 32.6. The number of halogens is 1. The number of esters is 2. The second-order valence-corrected chi connectivity index (χ2v) is 11.3. The van der Waals surface area contributed by atoms with E-state index in [1.54, 1.807) is 52.1 Å². The Kier molecular flexibility index (Phi) is 13.0. The molecule has 2 aliphatic rings. The Balaban J connectivity index is 0.00000576. The second kappa shape index (κ2) is 16.5. The fourth-order valence-corrected chi connectivity index (χ4v) is 6.11. The number of amides is 2. The van der Waals surface area contributed by atoms with E-state index in [-0.39, 0.29) is 25.0 Å². The highest BCUT2D eigenvalue weighted by molar-refractivity contribution is 6.00. The third-order valence-electron chi connectivity index (χ3n) is 8.37. The molecule has 4 rings (SSSR count). The fraction of sp³-hybridized carbons (Fsp3) is 0.441. The van der Waals surface area contributed by atoms with Crippen LogP contribution in [0.5, 0.6) is 5.75 Å². The number of likely N-dealkylation sites (tertiary alicyclic amines) is 1. The van der Waals surface area contributed by atoms with E-state index in [9.17, 15) is 19.5 Å². The van der Waals surface area contributed by atoms with Gasteiger partial charge in [-0.3, -0.25) is 0 Å². The fourth-order valence-electron chi connectivity index (χ4n) is 6.11. The predicted molar refractivity (Wildman–Crippen MR) is 178 cm³/mol. The number of carbonyl (C=O) groups excluding carboxylic acids is 3. The summed E-state index contributed by atoms with van der Waals surface area (Å²) in [7, 11) is 2.91. The average molecular weight is 657 g/mol. The van der Waals surface area contributed by atoms with E-state index in [4.69, 9.17) is 14.2 Å². The number of hydrogen-bond acceptors (Lipinski definition) is 9. The minimum absolute atomic E-state index is 0. The summed E-state index contributed by atoms with van der Waals surface area (Å²) in [5.74, 6) is -1.14. The molecule has 1 saturated heterocycles. The van der Waals surface area contributed by atoms with E-state index >= 15 is 0 Å². The lowest BCUT2D eigenvalue weighted by Gasteiger charge is -2.39. The summed E-state index contributed by atoms with van der Waals surface area (Å²) in [6.45, 7) is 8.17. The number of rotatable bonds is 11. The number of anilines is 1. The summed E-state index contributed by atoms with van der Waals surface area (Å²) in [5, 5.41) is 20.1. The molecule has 0 radical (unpaired) electrons. The normalized spacial score (nSPS) is 17.7. The molecule has 46 heavy (non-hydrogen) atoms. The third kappa shape index (κ3) is 8.39. The van der Waals surface area contributed by atoms with Gasteiger partial charge in [0.1, 0.15) is 5.75 Å². The first-order valence-corrected chi connectivity index (χ1v) is 15.3. The van der Waals surface area contributed by atoms with Crippen LogP contribution in [0.25, 0.3) is 0 Å². The maximum Gasteiger partial charge on any atom is 0.336 e. The number of hydrogen-bond donors (Lipinski definition) is 4. The lowest BCUT2D eigenvalue weighted by molar-refractivity contribution is -0.139. The number of urea groups is 1. The SMILES string of the molecule is CCOC(=O)C1=C(C)NC(C)=C(C(=O)OC)C1c1cccc(NC(=O)NCCCN2CCC(O)(c3ccccc3OC)CC2)c1.Cl. The number of para-hydroxylation sites is 1. The van der Waals surface area contributed by atoms with Gasteiger partial charge in [-0.2, -0.15) is 0 Å². The molecule has 2 aromatic rings. The maximum atomic E-state index is 13.0. The van der Waals surface area contributed by atoms with Gasteiger partial charge in [0.15, 0.2) is 0 Å². The first-order valence-electron chi connectivity index (χ1n) is 15.3. The van der Waals surface area contributed by atoms with Gasteiger partial charge in [0.25, 0.3) is 0 Å². The molecule has 11 nitrogen and oxygen atoms in total. The summed E-state index contributed by atoms with van der Waals surface area (Å²) in [6.07, 6.45) is 1.95. The first kappa shape index (κ1) is 36.4. The number of nitrogens with one attached hydrogen (secondary N) is 3. The van der Waals surface area contributed by atoms with Crippen LogP contribution in [-0.2, 0) is 24.7 Å². The quantitative estimate of drug-likeness (QED) is 0.202. The van der Waals surface area contributed by atoms with Crippen molar-refractivity contribution in [3.05, 3.63) is 82.2 Å². The van der Waals surface area contributed by atoms with Crippen molar-refractivity contribution in [1.29, 1.82) is 0 Å². The minimum Gasteiger partial charge on any atom is -0.496 e. The van der Waals surface area contributed by atoms with Crippen LogP contribution in [0.3, 0.4) is 0 Å². The van der Waals surface area contributed by atoms with Gasteiger partial charge in [0, 0.05) is 42.3 Å². The molecule has 1 fully saturated rings. The number of nitrogens with zero attached hydrogens (tertiary/aromatic N) is 1. The van der Waals surface area contributed by atoms with Gasteiger partial charge in [0.05, 0.1) is 43.5 Å². The van der Waals surface area contributed by atoms with Gasteiger partial charge in [0.2, 0.25) is 0 Å². The van der Waals surface area contributed by atoms with Gasteiger partial charge in [-0.15, -0.1) is 12.4 Å². The molecule has 2 heterocycles. The summed E-state index contributed by atoms with van der Waals surface area (Å²) < 4.78 is 15.8. The van der Waals surface area contributed by atoms with Crippen molar-refractivity contribution < 1.29 is 33.7 Å². The number of dihydropyridines is 1. The lowest BCUT2D eigenvalue weighted by Crippen LogP contribution is -2.43. The number of aliphatic hydroxyl groups is 1. The van der Waals surface area contributed by atoms with Crippen molar-refractivity contribution in [3.8, 4) is 5.75 Å². The van der Waals surface area contributed by atoms with E-state index in [1.165, 1.54) is 7.11 Å². The molecular weight excluding hydrogens is 612 g/mol. The smallest absolute Gasteiger partial charge is 0.336 e. The monoisotopic (exact) mass is 656 g/mol. The van der Waals surface area contributed by atoms with Crippen LogP contribution < -0.4 is 20.7 Å². The summed E-state index contributed by atoms with van der Waals surface area (Å²) in [6, 6.07) is 14.3. The zero-order valence-electron chi connectivity index (χ0n) is 27.1. The summed E-state index contributed by atoms with van der Waals surface area (Å²) in [4.78, 5) is 40.9. The molecule has 0 aromatic heterocycles. The molecule has 0 saturated carbocycles. The van der Waals surface area contributed by atoms with E-state index in [0.717, 1.165) is 31.6 Å². The number of ether oxygens (including phenoxy) is 3. The van der Waals surface area contributed by atoms with Crippen molar-refractivity contribution in [2.45, 2.75) is 51.6 Å². The molecule has 12 heteroatoms. The van der Waals surface area contributed by atoms with Gasteiger partial charge in [-0.05, 0) is 70.3 Å². The Morgan fingerprint density at radius 1 is 1.00 bits per heavy atom. The van der Waals surface area contributed by atoms with Crippen molar-refractivity contribution >= 4 is 36.1 Å². The van der Waals surface area contributed by atoms with Crippen molar-refractivity contribution in [1.82, 2.24) is 15.5 Å². The van der Waals surface area contributed by atoms with Crippen LogP contribution in [0.1, 0.15) is 57.1 Å². The number of carbonyl (C=O) groups is 3. The van der Waals surface area contributed by atoms with E-state index < -0.39 is 23.5 Å². The Hall–Kier alpha value is -4.06. The number of allylic oxidation sites excluding steroid dienone is 2. The summed E-state index contributed by atoms with van der Waals surface area (Å²) >= 11 is 0. The number of benzene rings is 2. The van der Waals surface area contributed by atoms with Crippen molar-refractivity contribution in [2.24, 2.45) is 0 Å². The summed E-state index contributed by atoms with van der Waals surface area (Å²) in [5.41, 5.74) is 2.82. The highest BCUT2D eigenvalue weighted by atomic mass is 35.5. The highest BCUT2D eigenvalue weighted by Gasteiger charge is 2.38. The van der Waals surface area contributed by atoms with Crippen LogP contribution in [-0.4, -0.2) is 75.0 Å². The first-order chi connectivity index (χ1) is 21.6. The molecule has 0 aliphatic carbocycles. The van der Waals surface area contributed by atoms with Crippen LogP contribution >= 0.6 is 12.4 Å². The van der Waals surface area contributed by atoms with Crippen LogP contribution in [0, 0.1) is 0 Å². The Morgan fingerprint density at radius 2 is 1.67 bits per heavy atom. The van der Waals surface area contributed by atoms with Gasteiger partial charge in [-0.25, -0.2) is 14.4 Å². The highest BCUT2D eigenvalue weighted by Crippen LogP contribution is 2.40. The van der Waals surface area contributed by atoms with Crippen molar-refractivity contribution in [2.75, 3.05) is 52.3 Å². The molecule has 2 aromatic carbocycles. The molecule has 1 atom stereocenters. The van der Waals surface area contributed by atoms with Gasteiger partial charge < -0.3 is 40.2 Å². The largest absolute Gasteiger partial charge is 0.496 e. The van der Waals surface area contributed by atoms with Gasteiger partial charge >= 0.3 is 18.0 Å². The number of methoxy groups -OCH3 is 2. The molecule has 4 N–H and O–H groups in total. The minimum atomic E-state index is -0.915. The molecule has 0 spiro atoms. The van der Waals surface area contributed by atoms with Crippen LogP contribution in [0.4, 0.5) is 10.5 Å². The van der Waals surface area contributed by atoms with Gasteiger partial charge in [-0.1, -0.05) is 30.3 Å².